The van der Waals surface area contributed by atoms with Gasteiger partial charge in [-0.05, 0) is 42.1 Å². The van der Waals surface area contributed by atoms with Gasteiger partial charge in [0, 0.05) is 0 Å². The predicted molar refractivity (Wildman–Crippen MR) is 64.4 cm³/mol. The van der Waals surface area contributed by atoms with Crippen molar-refractivity contribution in [3.05, 3.63) is 35.4 Å². The molecular formula is C13H18OSi. The lowest BCUT2D eigenvalue weighted by Gasteiger charge is -2.22. The average Bonchev–Trinajstić information content (AvgIpc) is 2.65. The summed E-state index contributed by atoms with van der Waals surface area (Å²) >= 11 is 0. The van der Waals surface area contributed by atoms with Crippen molar-refractivity contribution < 1.29 is 4.43 Å². The molecule has 1 saturated heterocycles. The van der Waals surface area contributed by atoms with E-state index in [4.69, 9.17) is 4.43 Å². The number of hydrogen-bond acceptors (Lipinski definition) is 1. The van der Waals surface area contributed by atoms with Crippen molar-refractivity contribution in [2.45, 2.75) is 38.1 Å². The van der Waals surface area contributed by atoms with Gasteiger partial charge in [-0.1, -0.05) is 31.2 Å². The normalized spacial score (nSPS) is 36.3. The Morgan fingerprint density at radius 1 is 1.27 bits per heavy atom. The highest BCUT2D eigenvalue weighted by molar-refractivity contribution is 6.73. The fourth-order valence-corrected chi connectivity index (χ4v) is 5.62. The molecule has 0 bridgehead atoms. The second-order valence-corrected chi connectivity index (χ2v) is 9.85. The van der Waals surface area contributed by atoms with Crippen LogP contribution in [-0.4, -0.2) is 8.32 Å². The molecule has 80 valence electrons. The van der Waals surface area contributed by atoms with Gasteiger partial charge >= 0.3 is 0 Å². The molecule has 1 aliphatic heterocycles. The molecule has 1 nitrogen and oxygen atoms in total. The molecular weight excluding hydrogens is 200 g/mol. The minimum atomic E-state index is -1.41. The summed E-state index contributed by atoms with van der Waals surface area (Å²) in [7, 11) is -1.41. The van der Waals surface area contributed by atoms with Crippen LogP contribution in [0.5, 0.6) is 0 Å². The summed E-state index contributed by atoms with van der Waals surface area (Å²) in [5.41, 5.74) is 3.77. The van der Waals surface area contributed by atoms with E-state index in [0.717, 1.165) is 11.5 Å². The van der Waals surface area contributed by atoms with Crippen LogP contribution in [0.3, 0.4) is 0 Å². The van der Waals surface area contributed by atoms with Gasteiger partial charge in [-0.2, -0.15) is 0 Å². The van der Waals surface area contributed by atoms with Gasteiger partial charge in [0.2, 0.25) is 0 Å². The highest BCUT2D eigenvalue weighted by Gasteiger charge is 2.51. The van der Waals surface area contributed by atoms with E-state index < -0.39 is 8.32 Å². The van der Waals surface area contributed by atoms with Gasteiger partial charge in [-0.15, -0.1) is 0 Å². The zero-order valence-electron chi connectivity index (χ0n) is 9.66. The summed E-state index contributed by atoms with van der Waals surface area (Å²) < 4.78 is 6.35. The fraction of sp³-hybridized carbons (Fsp3) is 0.538. The van der Waals surface area contributed by atoms with Gasteiger partial charge < -0.3 is 4.43 Å². The van der Waals surface area contributed by atoms with E-state index in [-0.39, 0.29) is 0 Å². The lowest BCUT2D eigenvalue weighted by molar-refractivity contribution is 0.193. The van der Waals surface area contributed by atoms with E-state index in [0.29, 0.717) is 6.10 Å². The summed E-state index contributed by atoms with van der Waals surface area (Å²) in [5, 5.41) is 0. The van der Waals surface area contributed by atoms with Gasteiger partial charge in [0.15, 0.2) is 8.32 Å². The van der Waals surface area contributed by atoms with E-state index in [2.05, 4.69) is 44.3 Å². The van der Waals surface area contributed by atoms with E-state index >= 15 is 0 Å². The summed E-state index contributed by atoms with van der Waals surface area (Å²) in [5.74, 6) is 0.754. The van der Waals surface area contributed by atoms with Crippen molar-refractivity contribution in [1.82, 2.24) is 0 Å². The smallest absolute Gasteiger partial charge is 0.190 e. The predicted octanol–water partition coefficient (Wildman–Crippen LogP) is 3.53. The first kappa shape index (κ1) is 9.61. The monoisotopic (exact) mass is 218 g/mol. The maximum atomic E-state index is 6.35. The zero-order valence-corrected chi connectivity index (χ0v) is 10.7. The molecule has 0 saturated carbocycles. The van der Waals surface area contributed by atoms with Gasteiger partial charge in [-0.25, -0.2) is 0 Å². The van der Waals surface area contributed by atoms with Crippen LogP contribution >= 0.6 is 0 Å². The van der Waals surface area contributed by atoms with Crippen molar-refractivity contribution in [2.24, 2.45) is 5.92 Å². The Hall–Kier alpha value is -0.603. The highest BCUT2D eigenvalue weighted by Crippen LogP contribution is 2.55. The number of rotatable bonds is 0. The third kappa shape index (κ3) is 1.24. The van der Waals surface area contributed by atoms with E-state index in [9.17, 15) is 0 Å². The van der Waals surface area contributed by atoms with Crippen molar-refractivity contribution in [1.29, 1.82) is 0 Å². The molecule has 1 heterocycles. The Morgan fingerprint density at radius 3 is 2.80 bits per heavy atom. The van der Waals surface area contributed by atoms with Crippen LogP contribution in [0.1, 0.15) is 24.2 Å². The lowest BCUT2D eigenvalue weighted by atomic mass is 10.0. The molecule has 2 heteroatoms. The molecule has 0 spiro atoms. The molecule has 0 radical (unpaired) electrons. The van der Waals surface area contributed by atoms with Gasteiger partial charge in [0.1, 0.15) is 0 Å². The standard InChI is InChI=1S/C13H18OSi/c1-9-12-8-10-6-4-5-7-11(10)13(12)14-15(9,2)3/h4-7,9,12-13H,8H2,1-3H3/t9?,12-,13-/m1/s1. The minimum absolute atomic E-state index is 0.415. The molecule has 1 aromatic rings. The fourth-order valence-electron chi connectivity index (χ4n) is 3.13. The zero-order chi connectivity index (χ0) is 10.6. The molecule has 1 unspecified atom stereocenters. The van der Waals surface area contributed by atoms with Crippen LogP contribution in [0.15, 0.2) is 24.3 Å². The summed E-state index contributed by atoms with van der Waals surface area (Å²) in [6.07, 6.45) is 1.65. The number of fused-ring (bicyclic) bond motifs is 3. The van der Waals surface area contributed by atoms with Gasteiger partial charge in [0.25, 0.3) is 0 Å². The topological polar surface area (TPSA) is 9.23 Å². The van der Waals surface area contributed by atoms with Crippen molar-refractivity contribution in [2.75, 3.05) is 0 Å². The maximum Gasteiger partial charge on any atom is 0.190 e. The first-order chi connectivity index (χ1) is 7.09. The van der Waals surface area contributed by atoms with Crippen LogP contribution in [-0.2, 0) is 10.8 Å². The second kappa shape index (κ2) is 2.95. The maximum absolute atomic E-state index is 6.35. The van der Waals surface area contributed by atoms with Crippen molar-refractivity contribution >= 4 is 8.32 Å². The molecule has 3 atom stereocenters. The Labute approximate surface area is 92.6 Å². The molecule has 0 aromatic heterocycles. The summed E-state index contributed by atoms with van der Waals surface area (Å²) in [4.78, 5) is 0. The summed E-state index contributed by atoms with van der Waals surface area (Å²) in [6, 6.07) is 8.80. The van der Waals surface area contributed by atoms with E-state index in [1.807, 2.05) is 0 Å². The first-order valence-electron chi connectivity index (χ1n) is 5.85. The van der Waals surface area contributed by atoms with Crippen LogP contribution < -0.4 is 0 Å². The molecule has 0 N–H and O–H groups in total. The highest BCUT2D eigenvalue weighted by atomic mass is 28.4. The Balaban J connectivity index is 2.03. The molecule has 3 rings (SSSR count). The lowest BCUT2D eigenvalue weighted by Crippen LogP contribution is -2.30. The molecule has 2 aliphatic rings. The molecule has 0 amide bonds. The summed E-state index contributed by atoms with van der Waals surface area (Å²) in [6.45, 7) is 7.11. The third-order valence-corrected chi connectivity index (χ3v) is 7.86. The van der Waals surface area contributed by atoms with Crippen LogP contribution in [0.2, 0.25) is 18.6 Å². The molecule has 1 aliphatic carbocycles. The van der Waals surface area contributed by atoms with Crippen molar-refractivity contribution in [3.8, 4) is 0 Å². The number of benzene rings is 1. The van der Waals surface area contributed by atoms with Crippen LogP contribution in [0.25, 0.3) is 0 Å². The molecule has 1 fully saturated rings. The van der Waals surface area contributed by atoms with E-state index in [1.165, 1.54) is 17.5 Å². The Kier molecular flexibility index (Phi) is 1.89. The van der Waals surface area contributed by atoms with Gasteiger partial charge in [0.05, 0.1) is 6.10 Å². The second-order valence-electron chi connectivity index (χ2n) is 5.50. The largest absolute Gasteiger partial charge is 0.410 e. The minimum Gasteiger partial charge on any atom is -0.410 e. The Bertz CT molecular complexity index is 399. The molecule has 15 heavy (non-hydrogen) atoms. The van der Waals surface area contributed by atoms with Crippen LogP contribution in [0, 0.1) is 5.92 Å². The average molecular weight is 218 g/mol. The third-order valence-electron chi connectivity index (χ3n) is 4.38. The van der Waals surface area contributed by atoms with Gasteiger partial charge in [-0.3, -0.25) is 0 Å². The Morgan fingerprint density at radius 2 is 2.00 bits per heavy atom. The van der Waals surface area contributed by atoms with E-state index in [1.54, 1.807) is 0 Å². The molecule has 1 aromatic carbocycles. The van der Waals surface area contributed by atoms with Crippen molar-refractivity contribution in [3.63, 3.8) is 0 Å². The first-order valence-corrected chi connectivity index (χ1v) is 8.84. The quantitative estimate of drug-likeness (QED) is 0.605. The SMILES string of the molecule is CC1[C@H]2Cc3ccccc3[C@H]2O[Si]1(C)C. The number of hydrogen-bond donors (Lipinski definition) is 0. The van der Waals surface area contributed by atoms with Crippen LogP contribution in [0.4, 0.5) is 0 Å².